The summed E-state index contributed by atoms with van der Waals surface area (Å²) in [5, 5.41) is 3.28. The average Bonchev–Trinajstić information content (AvgIpc) is 2.69. The lowest BCUT2D eigenvalue weighted by Crippen LogP contribution is -2.68. The van der Waals surface area contributed by atoms with Gasteiger partial charge in [0.15, 0.2) is 5.11 Å². The molecule has 4 bridgehead atoms. The van der Waals surface area contributed by atoms with Gasteiger partial charge >= 0.3 is 10.5 Å². The molecule has 0 aliphatic heterocycles. The second-order valence-corrected chi connectivity index (χ2v) is 9.81. The van der Waals surface area contributed by atoms with Crippen LogP contribution >= 0.6 is 12.2 Å². The molecule has 3 atom stereocenters. The van der Waals surface area contributed by atoms with Crippen molar-refractivity contribution in [2.45, 2.75) is 50.1 Å². The molecular formula is C21H27N3O4S2. The third-order valence-corrected chi connectivity index (χ3v) is 7.88. The van der Waals surface area contributed by atoms with Crippen LogP contribution in [0.15, 0.2) is 28.6 Å². The van der Waals surface area contributed by atoms with E-state index in [1.807, 2.05) is 24.3 Å². The Balaban J connectivity index is 1.69. The quantitative estimate of drug-likeness (QED) is 0.695. The lowest BCUT2D eigenvalue weighted by Gasteiger charge is -2.60. The molecule has 0 saturated heterocycles. The number of amides is 1. The van der Waals surface area contributed by atoms with E-state index in [0.29, 0.717) is 29.8 Å². The number of methoxy groups -OCH3 is 1. The molecule has 9 heteroatoms. The first kappa shape index (κ1) is 21.2. The number of hydrogen-bond acceptors (Lipinski definition) is 6. The first-order valence-electron chi connectivity index (χ1n) is 10.3. The standard InChI is InChI=1S/C21H27N3O4S2/c1-22-20(29)24(18(25)10-13-3-5-17(28-2)6-4-13)19-16-8-14-7-15(9-16)12-21(19,11-14)23-30(26)27/h3-6,14-16,19H,7-12H2,1-2H3,(H,22,29). The summed E-state index contributed by atoms with van der Waals surface area (Å²) in [5.41, 5.74) is 0.0876. The van der Waals surface area contributed by atoms with E-state index < -0.39 is 16.0 Å². The van der Waals surface area contributed by atoms with Gasteiger partial charge in [0.05, 0.1) is 25.1 Å². The monoisotopic (exact) mass is 449 g/mol. The van der Waals surface area contributed by atoms with Crippen LogP contribution in [0.25, 0.3) is 0 Å². The van der Waals surface area contributed by atoms with Crippen LogP contribution in [0, 0.1) is 17.8 Å². The summed E-state index contributed by atoms with van der Waals surface area (Å²) < 4.78 is 32.8. The molecule has 4 aliphatic rings. The van der Waals surface area contributed by atoms with Gasteiger partial charge in [-0.3, -0.25) is 9.69 Å². The van der Waals surface area contributed by atoms with Crippen molar-refractivity contribution in [1.29, 1.82) is 0 Å². The molecule has 4 saturated carbocycles. The molecule has 30 heavy (non-hydrogen) atoms. The Bertz CT molecular complexity index is 954. The molecule has 1 amide bonds. The minimum Gasteiger partial charge on any atom is -0.497 e. The average molecular weight is 450 g/mol. The van der Waals surface area contributed by atoms with E-state index >= 15 is 0 Å². The third-order valence-electron chi connectivity index (χ3n) is 6.97. The SMILES string of the molecule is CNC(=S)N(C(=O)Cc1ccc(OC)cc1)C1C2CC3CC(C2)CC1(N=S(=O)=O)C3. The molecule has 4 aliphatic carbocycles. The summed E-state index contributed by atoms with van der Waals surface area (Å²) in [5.74, 6) is 1.77. The van der Waals surface area contributed by atoms with Crippen molar-refractivity contribution in [2.24, 2.45) is 22.1 Å². The maximum Gasteiger partial charge on any atom is 0.311 e. The van der Waals surface area contributed by atoms with Crippen LogP contribution in [0.2, 0.25) is 0 Å². The Labute approximate surface area is 183 Å². The zero-order chi connectivity index (χ0) is 21.5. The van der Waals surface area contributed by atoms with Gasteiger partial charge in [-0.1, -0.05) is 12.1 Å². The van der Waals surface area contributed by atoms with Crippen molar-refractivity contribution in [3.8, 4) is 5.75 Å². The van der Waals surface area contributed by atoms with E-state index in [0.717, 1.165) is 30.6 Å². The summed E-state index contributed by atoms with van der Waals surface area (Å²) >= 11 is 5.55. The van der Waals surface area contributed by atoms with Crippen molar-refractivity contribution >= 4 is 33.7 Å². The highest BCUT2D eigenvalue weighted by Gasteiger charge is 2.60. The Morgan fingerprint density at radius 1 is 1.23 bits per heavy atom. The first-order chi connectivity index (χ1) is 14.3. The van der Waals surface area contributed by atoms with E-state index in [9.17, 15) is 13.2 Å². The van der Waals surface area contributed by atoms with Crippen molar-refractivity contribution in [3.05, 3.63) is 29.8 Å². The van der Waals surface area contributed by atoms with E-state index in [2.05, 4.69) is 9.68 Å². The molecule has 4 fully saturated rings. The molecule has 0 heterocycles. The third kappa shape index (κ3) is 3.85. The highest BCUT2D eigenvalue weighted by Crippen LogP contribution is 2.58. The number of carbonyl (C=O) groups is 1. The molecular weight excluding hydrogens is 422 g/mol. The molecule has 1 aromatic rings. The fraction of sp³-hybridized carbons (Fsp3) is 0.619. The lowest BCUT2D eigenvalue weighted by molar-refractivity contribution is -0.137. The predicted octanol–water partition coefficient (Wildman–Crippen LogP) is 2.58. The summed E-state index contributed by atoms with van der Waals surface area (Å²) in [6.07, 6.45) is 4.74. The fourth-order valence-electron chi connectivity index (χ4n) is 6.22. The molecule has 5 rings (SSSR count). The van der Waals surface area contributed by atoms with E-state index in [1.54, 1.807) is 19.1 Å². The summed E-state index contributed by atoms with van der Waals surface area (Å²) in [6.45, 7) is 0. The molecule has 3 unspecified atom stereocenters. The van der Waals surface area contributed by atoms with Crippen molar-refractivity contribution < 1.29 is 17.9 Å². The summed E-state index contributed by atoms with van der Waals surface area (Å²) in [7, 11) is 0.770. The molecule has 0 aromatic heterocycles. The van der Waals surface area contributed by atoms with Gasteiger partial charge in [0.1, 0.15) is 5.75 Å². The minimum atomic E-state index is -2.53. The number of nitrogens with one attached hydrogen (secondary N) is 1. The molecule has 162 valence electrons. The van der Waals surface area contributed by atoms with Crippen molar-refractivity contribution in [3.63, 3.8) is 0 Å². The number of nitrogens with zero attached hydrogens (tertiary/aromatic N) is 2. The second kappa shape index (κ2) is 8.26. The number of thiocarbonyl (C=S) groups is 1. The van der Waals surface area contributed by atoms with Crippen LogP contribution in [0.5, 0.6) is 5.75 Å². The van der Waals surface area contributed by atoms with E-state index in [4.69, 9.17) is 17.0 Å². The summed E-state index contributed by atoms with van der Waals surface area (Å²) in [6, 6.07) is 7.05. The molecule has 1 aromatic carbocycles. The molecule has 1 N–H and O–H groups in total. The largest absolute Gasteiger partial charge is 0.497 e. The van der Waals surface area contributed by atoms with Crippen LogP contribution in [-0.4, -0.2) is 50.1 Å². The fourth-order valence-corrected chi connectivity index (χ4v) is 6.99. The number of benzene rings is 1. The van der Waals surface area contributed by atoms with Gasteiger partial charge in [-0.25, -0.2) is 0 Å². The van der Waals surface area contributed by atoms with Gasteiger partial charge < -0.3 is 10.1 Å². The highest BCUT2D eigenvalue weighted by atomic mass is 32.2. The Kier molecular flexibility index (Phi) is 5.85. The van der Waals surface area contributed by atoms with E-state index in [1.165, 1.54) is 0 Å². The van der Waals surface area contributed by atoms with Gasteiger partial charge in [0.2, 0.25) is 5.91 Å². The zero-order valence-corrected chi connectivity index (χ0v) is 18.8. The Morgan fingerprint density at radius 2 is 1.87 bits per heavy atom. The Morgan fingerprint density at radius 3 is 2.40 bits per heavy atom. The lowest BCUT2D eigenvalue weighted by atomic mass is 9.50. The zero-order valence-electron chi connectivity index (χ0n) is 17.2. The van der Waals surface area contributed by atoms with Crippen LogP contribution in [-0.2, 0) is 21.7 Å². The second-order valence-electron chi connectivity index (χ2n) is 8.81. The number of hydrogen-bond donors (Lipinski definition) is 1. The number of ether oxygens (including phenoxy) is 1. The smallest absolute Gasteiger partial charge is 0.311 e. The Hall–Kier alpha value is -2.00. The van der Waals surface area contributed by atoms with Crippen LogP contribution in [0.4, 0.5) is 0 Å². The summed E-state index contributed by atoms with van der Waals surface area (Å²) in [4.78, 5) is 15.1. The topological polar surface area (TPSA) is 88.1 Å². The van der Waals surface area contributed by atoms with Crippen molar-refractivity contribution in [1.82, 2.24) is 10.2 Å². The van der Waals surface area contributed by atoms with Crippen molar-refractivity contribution in [2.75, 3.05) is 14.2 Å². The maximum atomic E-state index is 13.5. The van der Waals surface area contributed by atoms with Gasteiger partial charge in [-0.15, -0.1) is 0 Å². The maximum absolute atomic E-state index is 13.5. The molecule has 0 spiro atoms. The van der Waals surface area contributed by atoms with Crippen LogP contribution in [0.3, 0.4) is 0 Å². The van der Waals surface area contributed by atoms with Crippen LogP contribution < -0.4 is 10.1 Å². The number of carbonyl (C=O) groups excluding carboxylic acids is 1. The first-order valence-corrected chi connectivity index (χ1v) is 11.8. The van der Waals surface area contributed by atoms with Gasteiger partial charge in [0, 0.05) is 7.05 Å². The van der Waals surface area contributed by atoms with Gasteiger partial charge in [-0.05, 0) is 79.8 Å². The van der Waals surface area contributed by atoms with Gasteiger partial charge in [-0.2, -0.15) is 12.8 Å². The highest BCUT2D eigenvalue weighted by molar-refractivity contribution is 7.80. The molecule has 7 nitrogen and oxygen atoms in total. The predicted molar refractivity (Wildman–Crippen MR) is 117 cm³/mol. The number of rotatable bonds is 5. The van der Waals surface area contributed by atoms with Gasteiger partial charge in [0.25, 0.3) is 0 Å². The normalized spacial score (nSPS) is 31.1. The van der Waals surface area contributed by atoms with Crippen LogP contribution in [0.1, 0.15) is 37.7 Å². The molecule has 0 radical (unpaired) electrons. The minimum absolute atomic E-state index is 0.136. The van der Waals surface area contributed by atoms with E-state index in [-0.39, 0.29) is 24.3 Å².